The van der Waals surface area contributed by atoms with Crippen LogP contribution in [-0.4, -0.2) is 61.7 Å². The normalized spacial score (nSPS) is 19.5. The second-order valence-corrected chi connectivity index (χ2v) is 8.45. The van der Waals surface area contributed by atoms with Crippen molar-refractivity contribution in [3.8, 4) is 0 Å². The molecule has 0 N–H and O–H groups in total. The minimum Gasteiger partial charge on any atom is -0.367 e. The average molecular weight is 418 g/mol. The van der Waals surface area contributed by atoms with Crippen LogP contribution >= 0.6 is 0 Å². The standard InChI is InChI=1S/C23H27N7O/c1-17-4-6-18(7-5-17)20-14-25-21-15-26-30(23(21)27-20)16-22(31)29-11-9-28(10-12-29)19-3-2-8-24-13-19/h2-3,6,8,13-15,17H,4-5,7,9-12,16H2,1H3. The molecule has 1 atom stereocenters. The maximum Gasteiger partial charge on any atom is 0.244 e. The lowest BCUT2D eigenvalue weighted by Crippen LogP contribution is -2.49. The van der Waals surface area contributed by atoms with Crippen molar-refractivity contribution in [2.45, 2.75) is 32.7 Å². The molecule has 1 fully saturated rings. The van der Waals surface area contributed by atoms with Crippen LogP contribution in [0.3, 0.4) is 0 Å². The van der Waals surface area contributed by atoms with Gasteiger partial charge in [0, 0.05) is 32.4 Å². The van der Waals surface area contributed by atoms with Gasteiger partial charge in [0.1, 0.15) is 12.1 Å². The molecule has 4 heterocycles. The quantitative estimate of drug-likeness (QED) is 0.649. The van der Waals surface area contributed by atoms with Gasteiger partial charge >= 0.3 is 0 Å². The maximum absolute atomic E-state index is 12.9. The van der Waals surface area contributed by atoms with Gasteiger partial charge in [0.15, 0.2) is 5.65 Å². The Morgan fingerprint density at radius 3 is 2.77 bits per heavy atom. The number of carbonyl (C=O) groups is 1. The fourth-order valence-corrected chi connectivity index (χ4v) is 4.30. The van der Waals surface area contributed by atoms with Crippen LogP contribution in [-0.2, 0) is 11.3 Å². The fourth-order valence-electron chi connectivity index (χ4n) is 4.30. The summed E-state index contributed by atoms with van der Waals surface area (Å²) in [6, 6.07) is 3.99. The Morgan fingerprint density at radius 2 is 2.03 bits per heavy atom. The Bertz CT molecular complexity index is 1100. The van der Waals surface area contributed by atoms with E-state index < -0.39 is 0 Å². The molecule has 1 aliphatic heterocycles. The van der Waals surface area contributed by atoms with Crippen LogP contribution < -0.4 is 4.90 Å². The SMILES string of the molecule is CC1CC=C(c2cnc3cnn(CC(=O)N4CCN(c5cccnc5)CC4)c3n2)CC1. The lowest BCUT2D eigenvalue weighted by Gasteiger charge is -2.35. The highest BCUT2D eigenvalue weighted by Crippen LogP contribution is 2.29. The number of hydrogen-bond donors (Lipinski definition) is 0. The molecule has 1 saturated heterocycles. The summed E-state index contributed by atoms with van der Waals surface area (Å²) < 4.78 is 1.69. The first kappa shape index (κ1) is 19.7. The number of piperazine rings is 1. The molecule has 1 aliphatic carbocycles. The zero-order valence-corrected chi connectivity index (χ0v) is 17.8. The highest BCUT2D eigenvalue weighted by Gasteiger charge is 2.23. The monoisotopic (exact) mass is 417 g/mol. The number of anilines is 1. The van der Waals surface area contributed by atoms with E-state index in [4.69, 9.17) is 4.98 Å². The number of rotatable bonds is 4. The topological polar surface area (TPSA) is 80.0 Å². The van der Waals surface area contributed by atoms with Gasteiger partial charge in [-0.3, -0.25) is 9.78 Å². The van der Waals surface area contributed by atoms with E-state index in [0.29, 0.717) is 18.7 Å². The van der Waals surface area contributed by atoms with Crippen molar-refractivity contribution < 1.29 is 4.79 Å². The first-order valence-electron chi connectivity index (χ1n) is 11.0. The van der Waals surface area contributed by atoms with Crippen molar-refractivity contribution in [3.63, 3.8) is 0 Å². The van der Waals surface area contributed by atoms with E-state index in [1.54, 1.807) is 17.1 Å². The molecule has 0 radical (unpaired) electrons. The van der Waals surface area contributed by atoms with Gasteiger partial charge in [0.05, 0.1) is 30.0 Å². The van der Waals surface area contributed by atoms with Crippen molar-refractivity contribution in [3.05, 3.63) is 48.7 Å². The molecule has 2 aliphatic rings. The Morgan fingerprint density at radius 1 is 1.16 bits per heavy atom. The van der Waals surface area contributed by atoms with E-state index >= 15 is 0 Å². The lowest BCUT2D eigenvalue weighted by atomic mass is 9.90. The van der Waals surface area contributed by atoms with Gasteiger partial charge in [0.25, 0.3) is 0 Å². The molecule has 31 heavy (non-hydrogen) atoms. The second-order valence-electron chi connectivity index (χ2n) is 8.45. The van der Waals surface area contributed by atoms with E-state index in [9.17, 15) is 4.79 Å². The summed E-state index contributed by atoms with van der Waals surface area (Å²) >= 11 is 0. The molecule has 3 aromatic heterocycles. The van der Waals surface area contributed by atoms with Gasteiger partial charge in [-0.1, -0.05) is 13.0 Å². The molecule has 0 spiro atoms. The Hall–Kier alpha value is -3.29. The molecule has 3 aromatic rings. The molecule has 5 rings (SSSR count). The molecular weight excluding hydrogens is 390 g/mol. The number of fused-ring (bicyclic) bond motifs is 1. The minimum atomic E-state index is 0.0637. The van der Waals surface area contributed by atoms with Gasteiger partial charge in [0.2, 0.25) is 5.91 Å². The third-order valence-corrected chi connectivity index (χ3v) is 6.28. The third-order valence-electron chi connectivity index (χ3n) is 6.28. The van der Waals surface area contributed by atoms with Gasteiger partial charge in [-0.25, -0.2) is 14.6 Å². The summed E-state index contributed by atoms with van der Waals surface area (Å²) in [7, 11) is 0. The zero-order valence-electron chi connectivity index (χ0n) is 17.8. The summed E-state index contributed by atoms with van der Waals surface area (Å²) in [4.78, 5) is 30.7. The van der Waals surface area contributed by atoms with Crippen molar-refractivity contribution in [1.29, 1.82) is 0 Å². The van der Waals surface area contributed by atoms with Crippen LogP contribution in [0.25, 0.3) is 16.7 Å². The molecular formula is C23H27N7O. The van der Waals surface area contributed by atoms with Crippen molar-refractivity contribution >= 4 is 28.3 Å². The second kappa shape index (κ2) is 8.45. The highest BCUT2D eigenvalue weighted by atomic mass is 16.2. The van der Waals surface area contributed by atoms with Crippen LogP contribution in [0.15, 0.2) is 43.0 Å². The Labute approximate surface area is 181 Å². The van der Waals surface area contributed by atoms with E-state index in [2.05, 4.69) is 39.0 Å². The summed E-state index contributed by atoms with van der Waals surface area (Å²) in [5.74, 6) is 0.788. The maximum atomic E-state index is 12.9. The van der Waals surface area contributed by atoms with Crippen molar-refractivity contribution in [2.24, 2.45) is 5.92 Å². The number of carbonyl (C=O) groups excluding carboxylic acids is 1. The molecule has 0 saturated carbocycles. The van der Waals surface area contributed by atoms with Crippen LogP contribution in [0.1, 0.15) is 31.9 Å². The van der Waals surface area contributed by atoms with Gasteiger partial charge in [-0.2, -0.15) is 5.10 Å². The molecule has 0 bridgehead atoms. The minimum absolute atomic E-state index is 0.0637. The first-order valence-corrected chi connectivity index (χ1v) is 11.0. The summed E-state index contributed by atoms with van der Waals surface area (Å²) in [6.45, 7) is 5.44. The number of aromatic nitrogens is 5. The fraction of sp³-hybridized carbons (Fsp3) is 0.435. The Kier molecular flexibility index (Phi) is 5.36. The van der Waals surface area contributed by atoms with Gasteiger partial charge in [-0.15, -0.1) is 0 Å². The predicted molar refractivity (Wildman–Crippen MR) is 119 cm³/mol. The molecule has 160 valence electrons. The van der Waals surface area contributed by atoms with E-state index in [1.807, 2.05) is 23.4 Å². The summed E-state index contributed by atoms with van der Waals surface area (Å²) in [5, 5.41) is 4.40. The number of hydrogen-bond acceptors (Lipinski definition) is 6. The average Bonchev–Trinajstić information content (AvgIpc) is 3.22. The first-order chi connectivity index (χ1) is 15.2. The van der Waals surface area contributed by atoms with Gasteiger partial charge in [-0.05, 0) is 42.9 Å². The highest BCUT2D eigenvalue weighted by molar-refractivity contribution is 5.79. The summed E-state index contributed by atoms with van der Waals surface area (Å²) in [5.41, 5.74) is 4.65. The predicted octanol–water partition coefficient (Wildman–Crippen LogP) is 2.77. The van der Waals surface area contributed by atoms with E-state index in [0.717, 1.165) is 48.7 Å². The molecule has 1 unspecified atom stereocenters. The summed E-state index contributed by atoms with van der Waals surface area (Å²) in [6.07, 6.45) is 12.7. The molecule has 8 heteroatoms. The van der Waals surface area contributed by atoms with E-state index in [1.165, 1.54) is 12.0 Å². The van der Waals surface area contributed by atoms with Gasteiger partial charge < -0.3 is 9.80 Å². The molecule has 8 nitrogen and oxygen atoms in total. The van der Waals surface area contributed by atoms with Crippen molar-refractivity contribution in [2.75, 3.05) is 31.1 Å². The number of pyridine rings is 1. The zero-order chi connectivity index (χ0) is 21.2. The van der Waals surface area contributed by atoms with E-state index in [-0.39, 0.29) is 12.5 Å². The Balaban J connectivity index is 1.27. The largest absolute Gasteiger partial charge is 0.367 e. The number of amides is 1. The molecule has 0 aromatic carbocycles. The molecule has 1 amide bonds. The van der Waals surface area contributed by atoms with Crippen LogP contribution in [0.5, 0.6) is 0 Å². The van der Waals surface area contributed by atoms with Crippen LogP contribution in [0.2, 0.25) is 0 Å². The smallest absolute Gasteiger partial charge is 0.244 e. The van der Waals surface area contributed by atoms with Crippen LogP contribution in [0, 0.1) is 5.92 Å². The van der Waals surface area contributed by atoms with Crippen molar-refractivity contribution in [1.82, 2.24) is 29.6 Å². The van der Waals surface area contributed by atoms with Crippen LogP contribution in [0.4, 0.5) is 5.69 Å². The lowest BCUT2D eigenvalue weighted by molar-refractivity contribution is -0.132. The third kappa shape index (κ3) is 4.15. The number of allylic oxidation sites excluding steroid dienone is 2. The number of nitrogens with zero attached hydrogens (tertiary/aromatic N) is 7.